The van der Waals surface area contributed by atoms with E-state index in [4.69, 9.17) is 5.73 Å². The molecule has 2 aliphatic heterocycles. The van der Waals surface area contributed by atoms with Gasteiger partial charge in [-0.3, -0.25) is 4.79 Å². The van der Waals surface area contributed by atoms with E-state index in [2.05, 4.69) is 0 Å². The number of hydrogen-bond acceptors (Lipinski definition) is 4. The minimum Gasteiger partial charge on any atom is -0.388 e. The average Bonchev–Trinajstić information content (AvgIpc) is 2.63. The summed E-state index contributed by atoms with van der Waals surface area (Å²) in [7, 11) is 0. The number of rotatable bonds is 3. The Hall–Kier alpha value is -0.790. The monoisotopic (exact) mass is 305 g/mol. The zero-order valence-electron chi connectivity index (χ0n) is 12.4. The molecule has 0 aromatic carbocycles. The first kappa shape index (κ1) is 16.6. The van der Waals surface area contributed by atoms with Crippen LogP contribution >= 0.6 is 0 Å². The molecule has 0 radical (unpaired) electrons. The molecule has 2 rings (SSSR count). The minimum atomic E-state index is -2.56. The van der Waals surface area contributed by atoms with E-state index in [1.54, 1.807) is 4.90 Å². The van der Waals surface area contributed by atoms with Crippen molar-refractivity contribution in [2.24, 2.45) is 5.73 Å². The van der Waals surface area contributed by atoms with Crippen LogP contribution in [-0.4, -0.2) is 71.6 Å². The number of hydrogen-bond donors (Lipinski definition) is 2. The number of amides is 1. The lowest BCUT2D eigenvalue weighted by Gasteiger charge is -2.37. The molecular weight excluding hydrogens is 280 g/mol. The fourth-order valence-corrected chi connectivity index (χ4v) is 3.17. The molecule has 1 unspecified atom stereocenters. The summed E-state index contributed by atoms with van der Waals surface area (Å²) in [6, 6.07) is 0. The molecule has 122 valence electrons. The van der Waals surface area contributed by atoms with Crippen LogP contribution < -0.4 is 5.73 Å². The molecule has 2 aliphatic rings. The predicted molar refractivity (Wildman–Crippen MR) is 75.1 cm³/mol. The maximum Gasteiger partial charge on any atom is 0.250 e. The summed E-state index contributed by atoms with van der Waals surface area (Å²) < 4.78 is 26.3. The van der Waals surface area contributed by atoms with Crippen molar-refractivity contribution in [1.29, 1.82) is 0 Å². The Bertz CT molecular complexity index is 371. The zero-order chi connectivity index (χ0) is 15.5. The highest BCUT2D eigenvalue weighted by molar-refractivity contribution is 5.78. The molecule has 2 heterocycles. The maximum absolute atomic E-state index is 13.2. The Balaban J connectivity index is 1.86. The lowest BCUT2D eigenvalue weighted by molar-refractivity contribution is -0.129. The van der Waals surface area contributed by atoms with Gasteiger partial charge in [-0.1, -0.05) is 0 Å². The van der Waals surface area contributed by atoms with E-state index in [1.165, 1.54) is 0 Å². The van der Waals surface area contributed by atoms with Crippen LogP contribution in [0.3, 0.4) is 0 Å². The lowest BCUT2D eigenvalue weighted by Crippen LogP contribution is -2.48. The van der Waals surface area contributed by atoms with Crippen molar-refractivity contribution in [3.8, 4) is 0 Å². The van der Waals surface area contributed by atoms with Crippen molar-refractivity contribution < 1.29 is 18.7 Å². The normalized spacial score (nSPS) is 31.0. The van der Waals surface area contributed by atoms with Crippen LogP contribution in [0.2, 0.25) is 0 Å². The highest BCUT2D eigenvalue weighted by atomic mass is 19.3. The number of carbonyl (C=O) groups excluding carboxylic acids is 1. The Morgan fingerprint density at radius 3 is 2.38 bits per heavy atom. The Morgan fingerprint density at radius 1 is 1.10 bits per heavy atom. The number of nitrogens with two attached hydrogens (primary N) is 1. The van der Waals surface area contributed by atoms with E-state index in [0.717, 1.165) is 0 Å². The van der Waals surface area contributed by atoms with Gasteiger partial charge in [0, 0.05) is 45.6 Å². The Kier molecular flexibility index (Phi) is 5.16. The molecular formula is C14H25F2N3O2. The van der Waals surface area contributed by atoms with Gasteiger partial charge in [0.15, 0.2) is 0 Å². The second-order valence-corrected chi connectivity index (χ2v) is 6.29. The van der Waals surface area contributed by atoms with E-state index in [0.29, 0.717) is 52.0 Å². The summed E-state index contributed by atoms with van der Waals surface area (Å²) in [6.45, 7) is 2.13. The van der Waals surface area contributed by atoms with Crippen LogP contribution in [-0.2, 0) is 4.79 Å². The van der Waals surface area contributed by atoms with Crippen molar-refractivity contribution in [1.82, 2.24) is 9.80 Å². The molecule has 1 atom stereocenters. The minimum absolute atomic E-state index is 0.0142. The van der Waals surface area contributed by atoms with Gasteiger partial charge in [-0.25, -0.2) is 8.78 Å². The zero-order valence-corrected chi connectivity index (χ0v) is 12.4. The highest BCUT2D eigenvalue weighted by Gasteiger charge is 2.38. The third kappa shape index (κ3) is 4.59. The number of piperidine rings is 1. The van der Waals surface area contributed by atoms with Gasteiger partial charge in [0.2, 0.25) is 5.91 Å². The summed E-state index contributed by atoms with van der Waals surface area (Å²) in [5.41, 5.74) is 4.47. The Labute approximate surface area is 124 Å². The molecule has 21 heavy (non-hydrogen) atoms. The Morgan fingerprint density at radius 2 is 1.76 bits per heavy atom. The first-order chi connectivity index (χ1) is 9.84. The third-order valence-corrected chi connectivity index (χ3v) is 4.55. The number of likely N-dealkylation sites (tertiary alicyclic amines) is 2. The van der Waals surface area contributed by atoms with Crippen LogP contribution in [0.4, 0.5) is 8.78 Å². The highest BCUT2D eigenvalue weighted by Crippen LogP contribution is 2.30. The van der Waals surface area contributed by atoms with Crippen LogP contribution in [0.5, 0.6) is 0 Å². The molecule has 0 aliphatic carbocycles. The smallest absolute Gasteiger partial charge is 0.250 e. The molecule has 0 bridgehead atoms. The fourth-order valence-electron chi connectivity index (χ4n) is 3.17. The van der Waals surface area contributed by atoms with Crippen LogP contribution in [0.25, 0.3) is 0 Å². The third-order valence-electron chi connectivity index (χ3n) is 4.55. The standard InChI is InChI=1S/C14H25F2N3O2/c15-14(16)4-7-18(8-5-14)11-13(21)2-1-6-19(9-3-13)12(20)10-17/h21H,1-11,17H2. The average molecular weight is 305 g/mol. The number of β-amino-alcohol motifs (C(OH)–C–C–N with tert-alkyl or cyclic N) is 1. The SMILES string of the molecule is NCC(=O)N1CCCC(O)(CN2CCC(F)(F)CC2)CC1. The summed E-state index contributed by atoms with van der Waals surface area (Å²) >= 11 is 0. The van der Waals surface area contributed by atoms with Gasteiger partial charge in [0.25, 0.3) is 5.92 Å². The predicted octanol–water partition coefficient (Wildman–Crippen LogP) is 0.420. The molecule has 0 saturated carbocycles. The van der Waals surface area contributed by atoms with Gasteiger partial charge >= 0.3 is 0 Å². The number of halogens is 2. The largest absolute Gasteiger partial charge is 0.388 e. The van der Waals surface area contributed by atoms with Crippen molar-refractivity contribution in [2.75, 3.05) is 39.3 Å². The van der Waals surface area contributed by atoms with Gasteiger partial charge in [0.05, 0.1) is 12.1 Å². The molecule has 2 fully saturated rings. The lowest BCUT2D eigenvalue weighted by atomic mass is 9.93. The first-order valence-electron chi connectivity index (χ1n) is 7.64. The molecule has 1 amide bonds. The molecule has 7 heteroatoms. The second-order valence-electron chi connectivity index (χ2n) is 6.29. The summed E-state index contributed by atoms with van der Waals surface area (Å²) in [6.07, 6.45) is 1.51. The second kappa shape index (κ2) is 6.54. The molecule has 3 N–H and O–H groups in total. The van der Waals surface area contributed by atoms with E-state index in [-0.39, 0.29) is 25.3 Å². The summed E-state index contributed by atoms with van der Waals surface area (Å²) in [4.78, 5) is 15.2. The number of aliphatic hydroxyl groups is 1. The van der Waals surface area contributed by atoms with E-state index >= 15 is 0 Å². The van der Waals surface area contributed by atoms with Crippen LogP contribution in [0.1, 0.15) is 32.1 Å². The molecule has 0 spiro atoms. The quantitative estimate of drug-likeness (QED) is 0.793. The molecule has 0 aromatic rings. The number of carbonyl (C=O) groups is 1. The van der Waals surface area contributed by atoms with Crippen molar-refractivity contribution >= 4 is 5.91 Å². The first-order valence-corrected chi connectivity index (χ1v) is 7.64. The van der Waals surface area contributed by atoms with Crippen LogP contribution in [0, 0.1) is 0 Å². The van der Waals surface area contributed by atoms with Gasteiger partial charge in [-0.05, 0) is 19.3 Å². The molecule has 5 nitrogen and oxygen atoms in total. The van der Waals surface area contributed by atoms with E-state index < -0.39 is 11.5 Å². The number of nitrogens with zero attached hydrogens (tertiary/aromatic N) is 2. The van der Waals surface area contributed by atoms with Crippen LogP contribution in [0.15, 0.2) is 0 Å². The molecule has 2 saturated heterocycles. The van der Waals surface area contributed by atoms with Gasteiger partial charge < -0.3 is 20.6 Å². The van der Waals surface area contributed by atoms with Crippen molar-refractivity contribution in [3.63, 3.8) is 0 Å². The fraction of sp³-hybridized carbons (Fsp3) is 0.929. The maximum atomic E-state index is 13.2. The van der Waals surface area contributed by atoms with Crippen molar-refractivity contribution in [2.45, 2.75) is 43.6 Å². The van der Waals surface area contributed by atoms with Gasteiger partial charge in [-0.15, -0.1) is 0 Å². The molecule has 0 aromatic heterocycles. The van der Waals surface area contributed by atoms with E-state index in [1.807, 2.05) is 4.90 Å². The summed E-state index contributed by atoms with van der Waals surface area (Å²) in [5.74, 6) is -2.66. The number of alkyl halides is 2. The van der Waals surface area contributed by atoms with E-state index in [9.17, 15) is 18.7 Å². The van der Waals surface area contributed by atoms with Crippen molar-refractivity contribution in [3.05, 3.63) is 0 Å². The summed E-state index contributed by atoms with van der Waals surface area (Å²) in [5, 5.41) is 10.7. The van der Waals surface area contributed by atoms with Gasteiger partial charge in [-0.2, -0.15) is 0 Å². The van der Waals surface area contributed by atoms with Gasteiger partial charge in [0.1, 0.15) is 0 Å². The topological polar surface area (TPSA) is 69.8 Å².